The molecule has 7 nitrogen and oxygen atoms in total. The molecule has 4 rings (SSSR count). The molecule has 194 valence electrons. The second-order valence-electron chi connectivity index (χ2n) is 8.93. The fraction of sp³-hybridized carbons (Fsp3) is 0.414. The van der Waals surface area contributed by atoms with Crippen LogP contribution in [0.1, 0.15) is 43.6 Å². The van der Waals surface area contributed by atoms with Gasteiger partial charge in [-0.3, -0.25) is 0 Å². The largest absolute Gasteiger partial charge is 0.489 e. The van der Waals surface area contributed by atoms with Crippen LogP contribution in [0, 0.1) is 17.1 Å². The predicted molar refractivity (Wildman–Crippen MR) is 139 cm³/mol. The molecule has 0 N–H and O–H groups in total. The van der Waals surface area contributed by atoms with Crippen LogP contribution in [0.15, 0.2) is 48.7 Å². The molecule has 0 unspecified atom stereocenters. The van der Waals surface area contributed by atoms with Gasteiger partial charge in [-0.25, -0.2) is 14.4 Å². The maximum absolute atomic E-state index is 14.3. The van der Waals surface area contributed by atoms with E-state index in [0.717, 1.165) is 43.6 Å². The van der Waals surface area contributed by atoms with Crippen LogP contribution < -0.4 is 9.47 Å². The lowest BCUT2D eigenvalue weighted by Gasteiger charge is -2.23. The minimum Gasteiger partial charge on any atom is -0.489 e. The fourth-order valence-corrected chi connectivity index (χ4v) is 4.27. The van der Waals surface area contributed by atoms with Gasteiger partial charge in [0.1, 0.15) is 30.4 Å². The van der Waals surface area contributed by atoms with E-state index in [2.05, 4.69) is 29.8 Å². The summed E-state index contributed by atoms with van der Waals surface area (Å²) in [5.41, 5.74) is 2.83. The van der Waals surface area contributed by atoms with Crippen LogP contribution in [0.5, 0.6) is 11.5 Å². The van der Waals surface area contributed by atoms with E-state index in [9.17, 15) is 9.65 Å². The third-order valence-electron chi connectivity index (χ3n) is 6.48. The lowest BCUT2D eigenvalue weighted by Crippen LogP contribution is -2.28. The van der Waals surface area contributed by atoms with E-state index >= 15 is 0 Å². The molecule has 0 aliphatic carbocycles. The second-order valence-corrected chi connectivity index (χ2v) is 8.93. The normalized spacial score (nSPS) is 13.9. The third-order valence-corrected chi connectivity index (χ3v) is 6.48. The van der Waals surface area contributed by atoms with Crippen LogP contribution >= 0.6 is 0 Å². The predicted octanol–water partition coefficient (Wildman–Crippen LogP) is 5.02. The molecule has 37 heavy (non-hydrogen) atoms. The summed E-state index contributed by atoms with van der Waals surface area (Å²) in [6.07, 6.45) is 3.80. The van der Waals surface area contributed by atoms with Crippen LogP contribution in [0.25, 0.3) is 11.3 Å². The van der Waals surface area contributed by atoms with Crippen LogP contribution in [0.3, 0.4) is 0 Å². The Bertz CT molecular complexity index is 1220. The molecule has 8 heteroatoms. The van der Waals surface area contributed by atoms with Crippen molar-refractivity contribution in [1.29, 1.82) is 5.26 Å². The molecule has 0 spiro atoms. The maximum Gasteiger partial charge on any atom is 0.165 e. The molecule has 2 aromatic carbocycles. The number of halogens is 1. The van der Waals surface area contributed by atoms with Gasteiger partial charge < -0.3 is 19.1 Å². The highest BCUT2D eigenvalue weighted by molar-refractivity contribution is 5.64. The summed E-state index contributed by atoms with van der Waals surface area (Å²) in [4.78, 5) is 11.3. The van der Waals surface area contributed by atoms with Gasteiger partial charge in [-0.15, -0.1) is 0 Å². The molecule has 0 bridgehead atoms. The first-order valence-corrected chi connectivity index (χ1v) is 12.8. The first-order chi connectivity index (χ1) is 18.1. The maximum atomic E-state index is 14.3. The molecule has 0 amide bonds. The van der Waals surface area contributed by atoms with E-state index in [1.165, 1.54) is 6.07 Å². The SMILES string of the molecule is CCN(CC)CCOc1cc(Cc2nccc(-c3ccc(OC4CCOCC4)c(C#N)c3)n2)ccc1F. The summed E-state index contributed by atoms with van der Waals surface area (Å²) in [6, 6.07) is 14.4. The summed E-state index contributed by atoms with van der Waals surface area (Å²) in [5, 5.41) is 9.70. The van der Waals surface area contributed by atoms with Gasteiger partial charge in [-0.1, -0.05) is 19.9 Å². The molecular formula is C29H33FN4O3. The molecule has 1 aromatic heterocycles. The first kappa shape index (κ1) is 26.5. The zero-order valence-corrected chi connectivity index (χ0v) is 21.5. The quantitative estimate of drug-likeness (QED) is 0.363. The van der Waals surface area contributed by atoms with Gasteiger partial charge in [0.15, 0.2) is 11.6 Å². The number of nitrogens with zero attached hydrogens (tertiary/aromatic N) is 4. The molecular weight excluding hydrogens is 471 g/mol. The number of likely N-dealkylation sites (N-methyl/N-ethyl adjacent to an activating group) is 1. The van der Waals surface area contributed by atoms with E-state index in [1.807, 2.05) is 18.2 Å². The van der Waals surface area contributed by atoms with Crippen molar-refractivity contribution in [2.45, 2.75) is 39.2 Å². The average molecular weight is 505 g/mol. The first-order valence-electron chi connectivity index (χ1n) is 12.8. The molecule has 2 heterocycles. The standard InChI is InChI=1S/C29H33FN4O3/c1-3-34(4-2)13-16-36-28-17-21(5-7-25(28)30)18-29-32-12-9-26(33-29)22-6-8-27(23(19-22)20-31)37-24-10-14-35-15-11-24/h5-9,12,17,19,24H,3-4,10-11,13-16,18H2,1-2H3. The Hall–Kier alpha value is -3.54. The minimum absolute atomic E-state index is 0.0548. The number of hydrogen-bond acceptors (Lipinski definition) is 7. The second kappa shape index (κ2) is 13.1. The zero-order chi connectivity index (χ0) is 26.0. The van der Waals surface area contributed by atoms with Gasteiger partial charge in [0.2, 0.25) is 0 Å². The molecule has 1 aliphatic heterocycles. The van der Waals surface area contributed by atoms with Crippen molar-refractivity contribution in [1.82, 2.24) is 14.9 Å². The number of ether oxygens (including phenoxy) is 3. The van der Waals surface area contributed by atoms with Crippen molar-refractivity contribution in [3.05, 3.63) is 71.4 Å². The number of benzene rings is 2. The molecule has 3 aromatic rings. The molecule has 1 aliphatic rings. The Morgan fingerprint density at radius 2 is 1.89 bits per heavy atom. The highest BCUT2D eigenvalue weighted by atomic mass is 19.1. The van der Waals surface area contributed by atoms with Crippen molar-refractivity contribution in [3.63, 3.8) is 0 Å². The van der Waals surface area contributed by atoms with Crippen LogP contribution in [-0.2, 0) is 11.2 Å². The molecule has 0 radical (unpaired) electrons. The smallest absolute Gasteiger partial charge is 0.165 e. The van der Waals surface area contributed by atoms with Crippen LogP contribution in [0.4, 0.5) is 4.39 Å². The third kappa shape index (κ3) is 7.25. The van der Waals surface area contributed by atoms with Crippen LogP contribution in [-0.4, -0.2) is 60.4 Å². The van der Waals surface area contributed by atoms with Crippen molar-refractivity contribution in [2.24, 2.45) is 0 Å². The minimum atomic E-state index is -0.384. The van der Waals surface area contributed by atoms with E-state index < -0.39 is 0 Å². The van der Waals surface area contributed by atoms with Crippen LogP contribution in [0.2, 0.25) is 0 Å². The van der Waals surface area contributed by atoms with Gasteiger partial charge in [0, 0.05) is 37.6 Å². The monoisotopic (exact) mass is 504 g/mol. The highest BCUT2D eigenvalue weighted by Gasteiger charge is 2.18. The lowest BCUT2D eigenvalue weighted by molar-refractivity contribution is 0.0254. The Labute approximate surface area is 217 Å². The van der Waals surface area contributed by atoms with Crippen molar-refractivity contribution in [3.8, 4) is 28.8 Å². The number of hydrogen-bond donors (Lipinski definition) is 0. The van der Waals surface area contributed by atoms with E-state index in [1.54, 1.807) is 24.4 Å². The van der Waals surface area contributed by atoms with Gasteiger partial charge in [0.25, 0.3) is 0 Å². The summed E-state index contributed by atoms with van der Waals surface area (Å²) in [7, 11) is 0. The van der Waals surface area contributed by atoms with Crippen molar-refractivity contribution < 1.29 is 18.6 Å². The highest BCUT2D eigenvalue weighted by Crippen LogP contribution is 2.28. The van der Waals surface area contributed by atoms with Gasteiger partial charge in [-0.2, -0.15) is 5.26 Å². The van der Waals surface area contributed by atoms with Gasteiger partial charge >= 0.3 is 0 Å². The van der Waals surface area contributed by atoms with E-state index in [4.69, 9.17) is 19.2 Å². The van der Waals surface area contributed by atoms with Gasteiger partial charge in [0.05, 0.1) is 24.5 Å². The molecule has 1 saturated heterocycles. The number of aromatic nitrogens is 2. The lowest BCUT2D eigenvalue weighted by atomic mass is 10.1. The fourth-order valence-electron chi connectivity index (χ4n) is 4.27. The zero-order valence-electron chi connectivity index (χ0n) is 21.5. The molecule has 0 atom stereocenters. The molecule has 1 fully saturated rings. The van der Waals surface area contributed by atoms with E-state index in [-0.39, 0.29) is 17.7 Å². The van der Waals surface area contributed by atoms with E-state index in [0.29, 0.717) is 49.1 Å². The summed E-state index contributed by atoms with van der Waals surface area (Å²) in [5.74, 6) is 1.02. The molecule has 0 saturated carbocycles. The summed E-state index contributed by atoms with van der Waals surface area (Å²) < 4.78 is 31.5. The van der Waals surface area contributed by atoms with Gasteiger partial charge in [-0.05, 0) is 55.1 Å². The topological polar surface area (TPSA) is 80.5 Å². The Morgan fingerprint density at radius 1 is 1.08 bits per heavy atom. The summed E-state index contributed by atoms with van der Waals surface area (Å²) in [6.45, 7) is 8.55. The average Bonchev–Trinajstić information content (AvgIpc) is 2.93. The van der Waals surface area contributed by atoms with Crippen molar-refractivity contribution in [2.75, 3.05) is 39.5 Å². The van der Waals surface area contributed by atoms with Crippen molar-refractivity contribution >= 4 is 0 Å². The Morgan fingerprint density at radius 3 is 2.65 bits per heavy atom. The Kier molecular flexibility index (Phi) is 9.41. The Balaban J connectivity index is 1.45. The number of nitriles is 1. The number of rotatable bonds is 11. The summed E-state index contributed by atoms with van der Waals surface area (Å²) >= 11 is 0.